The van der Waals surface area contributed by atoms with Gasteiger partial charge in [0.15, 0.2) is 0 Å². The van der Waals surface area contributed by atoms with Gasteiger partial charge in [-0.05, 0) is 24.0 Å². The van der Waals surface area contributed by atoms with Gasteiger partial charge >= 0.3 is 0 Å². The van der Waals surface area contributed by atoms with Crippen molar-refractivity contribution in [3.8, 4) is 0 Å². The van der Waals surface area contributed by atoms with Crippen LogP contribution < -0.4 is 5.32 Å². The molecule has 4 heteroatoms. The second-order valence-corrected chi connectivity index (χ2v) is 5.36. The average molecular weight is 230 g/mol. The van der Waals surface area contributed by atoms with Gasteiger partial charge in [-0.25, -0.2) is 4.98 Å². The van der Waals surface area contributed by atoms with E-state index in [1.807, 2.05) is 24.3 Å². The van der Waals surface area contributed by atoms with Crippen LogP contribution in [0, 0.1) is 5.41 Å². The summed E-state index contributed by atoms with van der Waals surface area (Å²) in [5, 5.41) is 11.4. The Balaban J connectivity index is 2.04. The Morgan fingerprint density at radius 3 is 2.47 bits per heavy atom. The van der Waals surface area contributed by atoms with Gasteiger partial charge in [-0.15, -0.1) is 10.2 Å². The Bertz CT molecular complexity index is 502. The molecule has 0 fully saturated rings. The molecule has 0 bridgehead atoms. The molecule has 1 heterocycles. The lowest BCUT2D eigenvalue weighted by atomic mass is 9.92. The third-order valence-electron chi connectivity index (χ3n) is 2.52. The van der Waals surface area contributed by atoms with Gasteiger partial charge in [-0.2, -0.15) is 0 Å². The Kier molecular flexibility index (Phi) is 3.22. The van der Waals surface area contributed by atoms with Gasteiger partial charge in [0.1, 0.15) is 5.52 Å². The summed E-state index contributed by atoms with van der Waals surface area (Å²) in [6, 6.07) is 7.74. The van der Waals surface area contributed by atoms with Gasteiger partial charge in [-0.1, -0.05) is 32.9 Å². The number of nitrogens with one attached hydrogen (secondary N) is 1. The highest BCUT2D eigenvalue weighted by atomic mass is 15.2. The zero-order chi connectivity index (χ0) is 12.3. The minimum Gasteiger partial charge on any atom is -0.353 e. The number of anilines is 1. The maximum absolute atomic E-state index is 4.41. The van der Waals surface area contributed by atoms with Crippen molar-refractivity contribution in [1.29, 1.82) is 0 Å². The number of rotatable bonds is 3. The summed E-state index contributed by atoms with van der Waals surface area (Å²) < 4.78 is 0. The number of fused-ring (bicyclic) bond motifs is 1. The van der Waals surface area contributed by atoms with E-state index < -0.39 is 0 Å². The van der Waals surface area contributed by atoms with E-state index >= 15 is 0 Å². The summed E-state index contributed by atoms with van der Waals surface area (Å²) in [7, 11) is 0. The highest BCUT2D eigenvalue weighted by Crippen LogP contribution is 2.18. The first kappa shape index (κ1) is 11.8. The predicted octanol–water partition coefficient (Wildman–Crippen LogP) is 2.87. The normalized spacial score (nSPS) is 11.7. The first-order valence-electron chi connectivity index (χ1n) is 5.88. The van der Waals surface area contributed by atoms with E-state index in [1.54, 1.807) is 0 Å². The van der Waals surface area contributed by atoms with Crippen molar-refractivity contribution < 1.29 is 0 Å². The quantitative estimate of drug-likeness (QED) is 0.880. The van der Waals surface area contributed by atoms with Crippen LogP contribution in [0.25, 0.3) is 11.0 Å². The number of aromatic nitrogens is 3. The fourth-order valence-corrected chi connectivity index (χ4v) is 1.51. The van der Waals surface area contributed by atoms with E-state index in [9.17, 15) is 0 Å². The van der Waals surface area contributed by atoms with Crippen LogP contribution in [0.15, 0.2) is 24.3 Å². The van der Waals surface area contributed by atoms with E-state index in [4.69, 9.17) is 0 Å². The van der Waals surface area contributed by atoms with E-state index in [1.165, 1.54) is 0 Å². The van der Waals surface area contributed by atoms with Crippen molar-refractivity contribution in [2.45, 2.75) is 27.2 Å². The maximum Gasteiger partial charge on any atom is 0.243 e. The van der Waals surface area contributed by atoms with Gasteiger partial charge in [-0.3, -0.25) is 0 Å². The third kappa shape index (κ3) is 3.37. The molecule has 0 aliphatic heterocycles. The standard InChI is InChI=1S/C13H18N4/c1-13(2,3)8-9-14-12-15-10-6-4-5-7-11(10)16-17-12/h4-7H,8-9H2,1-3H3,(H,14,15,17). The van der Waals surface area contributed by atoms with Gasteiger partial charge in [0.2, 0.25) is 5.95 Å². The molecule has 0 aliphatic carbocycles. The number of para-hydroxylation sites is 1. The second-order valence-electron chi connectivity index (χ2n) is 5.36. The number of nitrogens with zero attached hydrogens (tertiary/aromatic N) is 3. The molecule has 0 atom stereocenters. The molecule has 2 rings (SSSR count). The number of hydrogen-bond acceptors (Lipinski definition) is 4. The van der Waals surface area contributed by atoms with E-state index in [-0.39, 0.29) is 0 Å². The fraction of sp³-hybridized carbons (Fsp3) is 0.462. The summed E-state index contributed by atoms with van der Waals surface area (Å²) in [6.07, 6.45) is 1.07. The van der Waals surface area contributed by atoms with E-state index in [2.05, 4.69) is 41.3 Å². The van der Waals surface area contributed by atoms with Crippen LogP contribution >= 0.6 is 0 Å². The van der Waals surface area contributed by atoms with Gasteiger partial charge in [0.05, 0.1) is 5.52 Å². The Morgan fingerprint density at radius 1 is 1.06 bits per heavy atom. The fourth-order valence-electron chi connectivity index (χ4n) is 1.51. The number of hydrogen-bond donors (Lipinski definition) is 1. The molecule has 1 aromatic carbocycles. The van der Waals surface area contributed by atoms with Crippen LogP contribution in [-0.2, 0) is 0 Å². The minimum absolute atomic E-state index is 0.317. The van der Waals surface area contributed by atoms with Crippen LogP contribution in [0.2, 0.25) is 0 Å². The average Bonchev–Trinajstić information content (AvgIpc) is 2.27. The molecule has 1 aromatic heterocycles. The summed E-state index contributed by atoms with van der Waals surface area (Å²) in [4.78, 5) is 4.41. The van der Waals surface area contributed by atoms with Crippen molar-refractivity contribution in [2.75, 3.05) is 11.9 Å². The van der Waals surface area contributed by atoms with E-state index in [0.717, 1.165) is 24.0 Å². The SMILES string of the molecule is CC(C)(C)CCNc1nnc2ccccc2n1. The first-order chi connectivity index (χ1) is 8.04. The topological polar surface area (TPSA) is 50.7 Å². The molecule has 17 heavy (non-hydrogen) atoms. The highest BCUT2D eigenvalue weighted by Gasteiger charge is 2.09. The Hall–Kier alpha value is -1.71. The molecule has 0 saturated carbocycles. The Morgan fingerprint density at radius 2 is 1.76 bits per heavy atom. The summed E-state index contributed by atoms with van der Waals surface area (Å²) in [5.74, 6) is 0.605. The zero-order valence-corrected chi connectivity index (χ0v) is 10.6. The van der Waals surface area contributed by atoms with Gasteiger partial charge in [0.25, 0.3) is 0 Å². The summed E-state index contributed by atoms with van der Waals surface area (Å²) >= 11 is 0. The first-order valence-corrected chi connectivity index (χ1v) is 5.88. The van der Waals surface area contributed by atoms with Gasteiger partial charge in [0, 0.05) is 6.54 Å². The van der Waals surface area contributed by atoms with E-state index in [0.29, 0.717) is 11.4 Å². The molecule has 0 amide bonds. The van der Waals surface area contributed by atoms with Gasteiger partial charge < -0.3 is 5.32 Å². The van der Waals surface area contributed by atoms with Crippen LogP contribution in [0.3, 0.4) is 0 Å². The molecular formula is C13H18N4. The van der Waals surface area contributed by atoms with Crippen LogP contribution in [-0.4, -0.2) is 21.7 Å². The largest absolute Gasteiger partial charge is 0.353 e. The molecule has 0 aliphatic rings. The maximum atomic E-state index is 4.41. The lowest BCUT2D eigenvalue weighted by molar-refractivity contribution is 0.389. The summed E-state index contributed by atoms with van der Waals surface area (Å²) in [5.41, 5.74) is 2.02. The van der Waals surface area contributed by atoms with Crippen LogP contribution in [0.1, 0.15) is 27.2 Å². The Labute approximate surface area is 101 Å². The zero-order valence-electron chi connectivity index (χ0n) is 10.6. The molecule has 0 saturated heterocycles. The number of benzene rings is 1. The van der Waals surface area contributed by atoms with Crippen molar-refractivity contribution in [1.82, 2.24) is 15.2 Å². The molecular weight excluding hydrogens is 212 g/mol. The monoisotopic (exact) mass is 230 g/mol. The van der Waals surface area contributed by atoms with Crippen LogP contribution in [0.4, 0.5) is 5.95 Å². The summed E-state index contributed by atoms with van der Waals surface area (Å²) in [6.45, 7) is 7.51. The molecule has 0 unspecified atom stereocenters. The lowest BCUT2D eigenvalue weighted by Gasteiger charge is -2.17. The van der Waals surface area contributed by atoms with Crippen molar-refractivity contribution >= 4 is 17.0 Å². The predicted molar refractivity (Wildman–Crippen MR) is 69.9 cm³/mol. The van der Waals surface area contributed by atoms with Crippen molar-refractivity contribution in [2.24, 2.45) is 5.41 Å². The molecule has 2 aromatic rings. The molecule has 0 spiro atoms. The smallest absolute Gasteiger partial charge is 0.243 e. The second kappa shape index (κ2) is 4.65. The minimum atomic E-state index is 0.317. The molecule has 0 radical (unpaired) electrons. The molecule has 90 valence electrons. The highest BCUT2D eigenvalue weighted by molar-refractivity contribution is 5.73. The lowest BCUT2D eigenvalue weighted by Crippen LogP contribution is -2.14. The molecule has 4 nitrogen and oxygen atoms in total. The van der Waals surface area contributed by atoms with Crippen molar-refractivity contribution in [3.63, 3.8) is 0 Å². The third-order valence-corrected chi connectivity index (χ3v) is 2.52. The van der Waals surface area contributed by atoms with Crippen molar-refractivity contribution in [3.05, 3.63) is 24.3 Å². The molecule has 1 N–H and O–H groups in total. The van der Waals surface area contributed by atoms with Crippen LogP contribution in [0.5, 0.6) is 0 Å².